The van der Waals surface area contributed by atoms with Crippen LogP contribution in [0.25, 0.3) is 10.8 Å². The Morgan fingerprint density at radius 1 is 1.25 bits per heavy atom. The van der Waals surface area contributed by atoms with Crippen molar-refractivity contribution in [2.45, 2.75) is 70.2 Å². The van der Waals surface area contributed by atoms with Crippen LogP contribution >= 0.6 is 0 Å². The second-order valence-corrected chi connectivity index (χ2v) is 10.4. The van der Waals surface area contributed by atoms with Gasteiger partial charge in [0.1, 0.15) is 29.0 Å². The van der Waals surface area contributed by atoms with Crippen molar-refractivity contribution in [3.05, 3.63) is 30.5 Å². The molecule has 1 aromatic carbocycles. The predicted octanol–water partition coefficient (Wildman–Crippen LogP) is 3.37. The van der Waals surface area contributed by atoms with Gasteiger partial charge in [0.15, 0.2) is 0 Å². The smallest absolute Gasteiger partial charge is 0.411 e. The van der Waals surface area contributed by atoms with Gasteiger partial charge in [-0.3, -0.25) is 9.69 Å². The summed E-state index contributed by atoms with van der Waals surface area (Å²) in [6.45, 7) is 7.22. The molecular weight excluding hydrogens is 466 g/mol. The van der Waals surface area contributed by atoms with E-state index in [0.29, 0.717) is 24.5 Å². The lowest BCUT2D eigenvalue weighted by Crippen LogP contribution is -2.53. The molecule has 0 unspecified atom stereocenters. The van der Waals surface area contributed by atoms with Crippen LogP contribution in [0.1, 0.15) is 47.0 Å². The minimum Gasteiger partial charge on any atom is -0.497 e. The highest BCUT2D eigenvalue weighted by Gasteiger charge is 2.61. The van der Waals surface area contributed by atoms with Crippen molar-refractivity contribution in [3.8, 4) is 11.6 Å². The van der Waals surface area contributed by atoms with E-state index in [9.17, 15) is 19.5 Å². The van der Waals surface area contributed by atoms with Crippen LogP contribution in [-0.2, 0) is 14.3 Å². The van der Waals surface area contributed by atoms with Gasteiger partial charge in [-0.15, -0.1) is 0 Å². The molecule has 194 valence electrons. The molecule has 36 heavy (non-hydrogen) atoms. The van der Waals surface area contributed by atoms with Crippen LogP contribution < -0.4 is 14.8 Å². The van der Waals surface area contributed by atoms with Crippen LogP contribution in [0.2, 0.25) is 0 Å². The number of aromatic nitrogens is 1. The molecule has 2 N–H and O–H groups in total. The molecule has 2 heterocycles. The molecule has 1 saturated carbocycles. The number of methoxy groups -OCH3 is 1. The first-order valence-electron chi connectivity index (χ1n) is 12.1. The molecule has 2 fully saturated rings. The molecular formula is C26H33N3O7. The Hall–Kier alpha value is -3.56. The monoisotopic (exact) mass is 499 g/mol. The summed E-state index contributed by atoms with van der Waals surface area (Å²) < 4.78 is 17.0. The third kappa shape index (κ3) is 5.03. The van der Waals surface area contributed by atoms with Crippen molar-refractivity contribution in [3.63, 3.8) is 0 Å². The fraction of sp³-hybridized carbons (Fsp3) is 0.538. The number of nitrogens with one attached hydrogen (secondary N) is 1. The zero-order valence-electron chi connectivity index (χ0n) is 21.2. The first-order valence-corrected chi connectivity index (χ1v) is 12.1. The maximum atomic E-state index is 13.3. The van der Waals surface area contributed by atoms with E-state index in [2.05, 4.69) is 10.3 Å². The number of carboxylic acid groups (broad SMARTS) is 1. The number of carboxylic acids is 1. The SMILES string of the molecule is CC[C@@H]1C[C@]1(NC(=O)[C@H]1C[C@@H](Oc2nccc3cc(OC)ccc23)CN1C(=O)OC(C)(C)C)C(=O)O. The molecule has 2 aliphatic rings. The number of fused-ring (bicyclic) bond motifs is 1. The largest absolute Gasteiger partial charge is 0.497 e. The molecule has 4 rings (SSSR count). The molecule has 1 aliphatic heterocycles. The van der Waals surface area contributed by atoms with Crippen LogP contribution in [0.15, 0.2) is 30.5 Å². The molecule has 10 nitrogen and oxygen atoms in total. The minimum absolute atomic E-state index is 0.0957. The minimum atomic E-state index is -1.29. The van der Waals surface area contributed by atoms with Gasteiger partial charge in [0.2, 0.25) is 11.8 Å². The molecule has 1 aromatic heterocycles. The summed E-state index contributed by atoms with van der Waals surface area (Å²) in [5, 5.41) is 14.1. The lowest BCUT2D eigenvalue weighted by atomic mass is 10.1. The number of rotatable bonds is 7. The molecule has 0 bridgehead atoms. The average Bonchev–Trinajstić information content (AvgIpc) is 3.37. The second-order valence-electron chi connectivity index (χ2n) is 10.4. The summed E-state index contributed by atoms with van der Waals surface area (Å²) in [6, 6.07) is 6.42. The van der Waals surface area contributed by atoms with Gasteiger partial charge >= 0.3 is 12.1 Å². The van der Waals surface area contributed by atoms with Gasteiger partial charge < -0.3 is 24.6 Å². The maximum Gasteiger partial charge on any atom is 0.411 e. The number of hydrogen-bond acceptors (Lipinski definition) is 7. The fourth-order valence-electron chi connectivity index (χ4n) is 4.75. The van der Waals surface area contributed by atoms with Crippen LogP contribution in [0, 0.1) is 5.92 Å². The second kappa shape index (κ2) is 9.48. The molecule has 1 aliphatic carbocycles. The van der Waals surface area contributed by atoms with Crippen LogP contribution in [0.5, 0.6) is 11.6 Å². The van der Waals surface area contributed by atoms with E-state index >= 15 is 0 Å². The Balaban J connectivity index is 1.57. The van der Waals surface area contributed by atoms with Gasteiger partial charge in [-0.05, 0) is 62.8 Å². The zero-order chi connectivity index (χ0) is 26.3. The van der Waals surface area contributed by atoms with E-state index in [-0.39, 0.29) is 18.9 Å². The molecule has 0 spiro atoms. The highest BCUT2D eigenvalue weighted by Crippen LogP contribution is 2.46. The third-order valence-corrected chi connectivity index (χ3v) is 6.73. The number of benzene rings is 1. The number of ether oxygens (including phenoxy) is 3. The van der Waals surface area contributed by atoms with Crippen molar-refractivity contribution in [1.82, 2.24) is 15.2 Å². The van der Waals surface area contributed by atoms with Gasteiger partial charge in [-0.25, -0.2) is 14.6 Å². The number of carbonyl (C=O) groups is 3. The molecule has 1 saturated heterocycles. The molecule has 2 aromatic rings. The van der Waals surface area contributed by atoms with Crippen LogP contribution in [0.4, 0.5) is 4.79 Å². The van der Waals surface area contributed by atoms with E-state index in [0.717, 1.165) is 10.8 Å². The van der Waals surface area contributed by atoms with Gasteiger partial charge in [0.25, 0.3) is 0 Å². The van der Waals surface area contributed by atoms with Crippen molar-refractivity contribution < 1.29 is 33.7 Å². The Bertz CT molecular complexity index is 1180. The average molecular weight is 500 g/mol. The first-order chi connectivity index (χ1) is 17.0. The van der Waals surface area contributed by atoms with E-state index in [1.54, 1.807) is 40.1 Å². The summed E-state index contributed by atoms with van der Waals surface area (Å²) in [7, 11) is 1.59. The van der Waals surface area contributed by atoms with E-state index in [1.807, 2.05) is 25.1 Å². The summed E-state index contributed by atoms with van der Waals surface area (Å²) in [4.78, 5) is 43.9. The van der Waals surface area contributed by atoms with Gasteiger partial charge in [0, 0.05) is 18.0 Å². The van der Waals surface area contributed by atoms with Crippen molar-refractivity contribution in [2.24, 2.45) is 5.92 Å². The maximum absolute atomic E-state index is 13.3. The Kier molecular flexibility index (Phi) is 6.72. The molecule has 10 heteroatoms. The lowest BCUT2D eigenvalue weighted by molar-refractivity contribution is -0.144. The van der Waals surface area contributed by atoms with Crippen LogP contribution in [0.3, 0.4) is 0 Å². The van der Waals surface area contributed by atoms with Gasteiger partial charge in [0.05, 0.1) is 13.7 Å². The van der Waals surface area contributed by atoms with Gasteiger partial charge in [-0.1, -0.05) is 13.3 Å². The van der Waals surface area contributed by atoms with Crippen molar-refractivity contribution >= 4 is 28.7 Å². The number of carbonyl (C=O) groups excluding carboxylic acids is 2. The Labute approximate surface area is 209 Å². The van der Waals surface area contributed by atoms with E-state index < -0.39 is 41.3 Å². The summed E-state index contributed by atoms with van der Waals surface area (Å²) in [5.74, 6) is -0.653. The normalized spacial score (nSPS) is 25.4. The van der Waals surface area contributed by atoms with Gasteiger partial charge in [-0.2, -0.15) is 0 Å². The summed E-state index contributed by atoms with van der Waals surface area (Å²) in [6.07, 6.45) is 1.60. The number of amides is 2. The van der Waals surface area contributed by atoms with E-state index in [4.69, 9.17) is 14.2 Å². The first kappa shape index (κ1) is 25.5. The number of nitrogens with zero attached hydrogens (tertiary/aromatic N) is 2. The Morgan fingerprint density at radius 3 is 2.61 bits per heavy atom. The molecule has 0 radical (unpaired) electrons. The number of likely N-dealkylation sites (tertiary alicyclic amines) is 1. The highest BCUT2D eigenvalue weighted by atomic mass is 16.6. The van der Waals surface area contributed by atoms with E-state index in [1.165, 1.54) is 4.90 Å². The zero-order valence-corrected chi connectivity index (χ0v) is 21.2. The third-order valence-electron chi connectivity index (χ3n) is 6.73. The van der Waals surface area contributed by atoms with Crippen molar-refractivity contribution in [1.29, 1.82) is 0 Å². The lowest BCUT2D eigenvalue weighted by Gasteiger charge is -2.28. The predicted molar refractivity (Wildman–Crippen MR) is 131 cm³/mol. The molecule has 2 amide bonds. The summed E-state index contributed by atoms with van der Waals surface area (Å²) >= 11 is 0. The standard InChI is InChI=1S/C26H33N3O7/c1-6-16-13-26(16,23(31)32)28-21(30)20-12-18(14-29(20)24(33)36-25(2,3)4)35-22-19-8-7-17(34-5)11-15(19)9-10-27-22/h7-11,16,18,20H,6,12-14H2,1-5H3,(H,28,30)(H,31,32)/t16-,18-,20-,26-/m1/s1. The molecule has 4 atom stereocenters. The Morgan fingerprint density at radius 2 is 2.00 bits per heavy atom. The summed E-state index contributed by atoms with van der Waals surface area (Å²) in [5.41, 5.74) is -2.06. The highest BCUT2D eigenvalue weighted by molar-refractivity contribution is 5.94. The topological polar surface area (TPSA) is 127 Å². The fourth-order valence-corrected chi connectivity index (χ4v) is 4.75. The quantitative estimate of drug-likeness (QED) is 0.594. The number of aliphatic carboxylic acids is 1. The van der Waals surface area contributed by atoms with Crippen LogP contribution in [-0.4, -0.2) is 69.9 Å². The number of hydrogen-bond donors (Lipinski definition) is 2. The van der Waals surface area contributed by atoms with Crippen molar-refractivity contribution in [2.75, 3.05) is 13.7 Å². The number of pyridine rings is 1.